The standard InChI is InChI=1S/C14H20O2/c1-2-11-12(7-6-8-13(11)15)14(16)9-4-3-5-10-14/h6-8,15-16H,2-5,9-10H2,1H3. The predicted molar refractivity (Wildman–Crippen MR) is 64.5 cm³/mol. The fourth-order valence-electron chi connectivity index (χ4n) is 2.79. The van der Waals surface area contributed by atoms with E-state index in [1.165, 1.54) is 6.42 Å². The Kier molecular flexibility index (Phi) is 3.20. The molecule has 0 unspecified atom stereocenters. The van der Waals surface area contributed by atoms with E-state index in [4.69, 9.17) is 0 Å². The van der Waals surface area contributed by atoms with Crippen molar-refractivity contribution in [3.05, 3.63) is 29.3 Å². The lowest BCUT2D eigenvalue weighted by molar-refractivity contribution is -0.00158. The number of hydrogen-bond acceptors (Lipinski definition) is 2. The largest absolute Gasteiger partial charge is 0.508 e. The summed E-state index contributed by atoms with van der Waals surface area (Å²) in [6, 6.07) is 5.49. The van der Waals surface area contributed by atoms with Gasteiger partial charge in [0.1, 0.15) is 5.75 Å². The quantitative estimate of drug-likeness (QED) is 0.804. The molecule has 0 radical (unpaired) electrons. The molecule has 1 aliphatic rings. The highest BCUT2D eigenvalue weighted by Gasteiger charge is 2.33. The molecule has 1 saturated carbocycles. The second-order valence-corrected chi connectivity index (χ2v) is 4.75. The molecule has 2 heteroatoms. The van der Waals surface area contributed by atoms with E-state index >= 15 is 0 Å². The van der Waals surface area contributed by atoms with Crippen molar-refractivity contribution < 1.29 is 10.2 Å². The van der Waals surface area contributed by atoms with Crippen molar-refractivity contribution in [3.8, 4) is 5.75 Å². The van der Waals surface area contributed by atoms with Crippen LogP contribution in [-0.2, 0) is 12.0 Å². The zero-order chi connectivity index (χ0) is 11.6. The van der Waals surface area contributed by atoms with Gasteiger partial charge < -0.3 is 10.2 Å². The van der Waals surface area contributed by atoms with Crippen LogP contribution in [0.2, 0.25) is 0 Å². The van der Waals surface area contributed by atoms with E-state index in [1.807, 2.05) is 19.1 Å². The first kappa shape index (κ1) is 11.5. The minimum Gasteiger partial charge on any atom is -0.508 e. The molecular formula is C14H20O2. The van der Waals surface area contributed by atoms with Crippen molar-refractivity contribution in [1.82, 2.24) is 0 Å². The van der Waals surface area contributed by atoms with Gasteiger partial charge in [-0.1, -0.05) is 38.3 Å². The molecular weight excluding hydrogens is 200 g/mol. The molecule has 0 heterocycles. The number of rotatable bonds is 2. The van der Waals surface area contributed by atoms with Crippen LogP contribution in [-0.4, -0.2) is 10.2 Å². The van der Waals surface area contributed by atoms with Gasteiger partial charge >= 0.3 is 0 Å². The molecule has 0 bridgehead atoms. The zero-order valence-corrected chi connectivity index (χ0v) is 9.87. The van der Waals surface area contributed by atoms with Gasteiger partial charge in [-0.25, -0.2) is 0 Å². The monoisotopic (exact) mass is 220 g/mol. The van der Waals surface area contributed by atoms with E-state index in [1.54, 1.807) is 6.07 Å². The van der Waals surface area contributed by atoms with E-state index < -0.39 is 5.60 Å². The molecule has 1 aliphatic carbocycles. The van der Waals surface area contributed by atoms with E-state index in [2.05, 4.69) is 0 Å². The molecule has 1 aromatic carbocycles. The van der Waals surface area contributed by atoms with Crippen LogP contribution >= 0.6 is 0 Å². The molecule has 1 fully saturated rings. The molecule has 0 saturated heterocycles. The molecule has 16 heavy (non-hydrogen) atoms. The topological polar surface area (TPSA) is 40.5 Å². The average molecular weight is 220 g/mol. The Morgan fingerprint density at radius 3 is 2.50 bits per heavy atom. The van der Waals surface area contributed by atoms with E-state index in [-0.39, 0.29) is 0 Å². The summed E-state index contributed by atoms with van der Waals surface area (Å²) in [5.74, 6) is 0.319. The van der Waals surface area contributed by atoms with Crippen LogP contribution in [0.4, 0.5) is 0 Å². The molecule has 88 valence electrons. The van der Waals surface area contributed by atoms with E-state index in [9.17, 15) is 10.2 Å². The lowest BCUT2D eigenvalue weighted by Gasteiger charge is -2.34. The summed E-state index contributed by atoms with van der Waals surface area (Å²) in [4.78, 5) is 0. The van der Waals surface area contributed by atoms with Crippen molar-refractivity contribution in [3.63, 3.8) is 0 Å². The fraction of sp³-hybridized carbons (Fsp3) is 0.571. The Hall–Kier alpha value is -1.02. The number of aromatic hydroxyl groups is 1. The fourth-order valence-corrected chi connectivity index (χ4v) is 2.79. The number of phenols is 1. The van der Waals surface area contributed by atoms with Crippen LogP contribution in [0, 0.1) is 0 Å². The number of benzene rings is 1. The van der Waals surface area contributed by atoms with Crippen LogP contribution in [0.25, 0.3) is 0 Å². The minimum absolute atomic E-state index is 0.319. The maximum atomic E-state index is 10.7. The highest BCUT2D eigenvalue weighted by atomic mass is 16.3. The maximum Gasteiger partial charge on any atom is 0.119 e. The van der Waals surface area contributed by atoms with Gasteiger partial charge in [0.15, 0.2) is 0 Å². The lowest BCUT2D eigenvalue weighted by Crippen LogP contribution is -2.29. The minimum atomic E-state index is -0.706. The number of phenolic OH excluding ortho intramolecular Hbond substituents is 1. The summed E-state index contributed by atoms with van der Waals surface area (Å²) >= 11 is 0. The Balaban J connectivity index is 2.41. The Bertz CT molecular complexity index is 365. The first-order valence-electron chi connectivity index (χ1n) is 6.21. The predicted octanol–water partition coefficient (Wildman–Crippen LogP) is 3.11. The van der Waals surface area contributed by atoms with Crippen LogP contribution in [0.15, 0.2) is 18.2 Å². The van der Waals surface area contributed by atoms with Gasteiger partial charge in [-0.3, -0.25) is 0 Å². The molecule has 2 rings (SSSR count). The average Bonchev–Trinajstić information content (AvgIpc) is 2.29. The Morgan fingerprint density at radius 1 is 1.19 bits per heavy atom. The zero-order valence-electron chi connectivity index (χ0n) is 9.87. The van der Waals surface area contributed by atoms with Gasteiger partial charge in [-0.05, 0) is 36.5 Å². The molecule has 0 amide bonds. The first-order chi connectivity index (χ1) is 7.67. The van der Waals surface area contributed by atoms with Crippen LogP contribution in [0.1, 0.15) is 50.2 Å². The van der Waals surface area contributed by atoms with Gasteiger partial charge in [0.2, 0.25) is 0 Å². The third-order valence-corrected chi connectivity index (χ3v) is 3.69. The van der Waals surface area contributed by atoms with Gasteiger partial charge in [-0.2, -0.15) is 0 Å². The number of aliphatic hydroxyl groups is 1. The molecule has 2 nitrogen and oxygen atoms in total. The summed E-state index contributed by atoms with van der Waals surface area (Å²) in [7, 11) is 0. The van der Waals surface area contributed by atoms with Crippen molar-refractivity contribution in [1.29, 1.82) is 0 Å². The highest BCUT2D eigenvalue weighted by Crippen LogP contribution is 2.40. The highest BCUT2D eigenvalue weighted by molar-refractivity contribution is 5.42. The Labute approximate surface area is 96.9 Å². The van der Waals surface area contributed by atoms with Gasteiger partial charge in [0.05, 0.1) is 5.60 Å². The number of hydrogen-bond donors (Lipinski definition) is 2. The SMILES string of the molecule is CCc1c(O)cccc1C1(O)CCCCC1. The van der Waals surface area contributed by atoms with Crippen molar-refractivity contribution in [2.75, 3.05) is 0 Å². The maximum absolute atomic E-state index is 10.7. The van der Waals surface area contributed by atoms with Crippen molar-refractivity contribution in [2.24, 2.45) is 0 Å². The first-order valence-corrected chi connectivity index (χ1v) is 6.21. The summed E-state index contributed by atoms with van der Waals surface area (Å²) in [5, 5.41) is 20.5. The third kappa shape index (κ3) is 1.94. The lowest BCUT2D eigenvalue weighted by atomic mass is 9.77. The molecule has 0 spiro atoms. The van der Waals surface area contributed by atoms with E-state index in [0.29, 0.717) is 5.75 Å². The Morgan fingerprint density at radius 2 is 1.88 bits per heavy atom. The molecule has 2 N–H and O–H groups in total. The molecule has 0 atom stereocenters. The van der Waals surface area contributed by atoms with Gasteiger partial charge in [-0.15, -0.1) is 0 Å². The van der Waals surface area contributed by atoms with Gasteiger partial charge in [0, 0.05) is 0 Å². The van der Waals surface area contributed by atoms with E-state index in [0.717, 1.165) is 43.2 Å². The van der Waals surface area contributed by atoms with Crippen LogP contribution in [0.3, 0.4) is 0 Å². The van der Waals surface area contributed by atoms with Crippen molar-refractivity contribution >= 4 is 0 Å². The summed E-state index contributed by atoms with van der Waals surface area (Å²) < 4.78 is 0. The summed E-state index contributed by atoms with van der Waals surface area (Å²) in [6.45, 7) is 2.02. The van der Waals surface area contributed by atoms with Crippen LogP contribution < -0.4 is 0 Å². The van der Waals surface area contributed by atoms with Crippen LogP contribution in [0.5, 0.6) is 5.75 Å². The molecule has 1 aromatic rings. The van der Waals surface area contributed by atoms with Crippen molar-refractivity contribution in [2.45, 2.75) is 51.0 Å². The smallest absolute Gasteiger partial charge is 0.119 e. The second-order valence-electron chi connectivity index (χ2n) is 4.75. The molecule has 0 aliphatic heterocycles. The summed E-state index contributed by atoms with van der Waals surface area (Å²) in [5.41, 5.74) is 1.14. The molecule has 0 aromatic heterocycles. The van der Waals surface area contributed by atoms with Gasteiger partial charge in [0.25, 0.3) is 0 Å². The third-order valence-electron chi connectivity index (χ3n) is 3.69. The summed E-state index contributed by atoms with van der Waals surface area (Å²) in [6.07, 6.45) is 5.78. The normalized spacial score (nSPS) is 19.6. The second kappa shape index (κ2) is 4.46.